The third-order valence-electron chi connectivity index (χ3n) is 3.48. The molecular formula is C17H19N3O5. The summed E-state index contributed by atoms with van der Waals surface area (Å²) in [4.78, 5) is 35.0. The molecule has 0 saturated carbocycles. The van der Waals surface area contributed by atoms with E-state index in [9.17, 15) is 14.4 Å². The summed E-state index contributed by atoms with van der Waals surface area (Å²) in [6, 6.07) is 8.40. The monoisotopic (exact) mass is 345 g/mol. The number of esters is 1. The lowest BCUT2D eigenvalue weighted by molar-refractivity contribution is -0.148. The number of ether oxygens (including phenoxy) is 1. The van der Waals surface area contributed by atoms with Crippen LogP contribution in [0.5, 0.6) is 0 Å². The van der Waals surface area contributed by atoms with Crippen LogP contribution in [0.15, 0.2) is 34.9 Å². The topological polar surface area (TPSA) is 111 Å². The van der Waals surface area contributed by atoms with E-state index in [-0.39, 0.29) is 6.42 Å². The first-order valence-electron chi connectivity index (χ1n) is 7.69. The van der Waals surface area contributed by atoms with E-state index in [4.69, 9.17) is 9.26 Å². The molecular weight excluding hydrogens is 326 g/mol. The molecule has 25 heavy (non-hydrogen) atoms. The van der Waals surface area contributed by atoms with Crippen LogP contribution < -0.4 is 10.9 Å². The number of aryl methyl sites for hydroxylation is 2. The summed E-state index contributed by atoms with van der Waals surface area (Å²) < 4.78 is 9.88. The second-order valence-corrected chi connectivity index (χ2v) is 5.33. The quantitative estimate of drug-likeness (QED) is 0.602. The molecule has 8 heteroatoms. The Morgan fingerprint density at radius 3 is 2.48 bits per heavy atom. The summed E-state index contributed by atoms with van der Waals surface area (Å²) in [7, 11) is 0. The van der Waals surface area contributed by atoms with Crippen molar-refractivity contribution in [3.63, 3.8) is 0 Å². The van der Waals surface area contributed by atoms with Crippen LogP contribution >= 0.6 is 0 Å². The van der Waals surface area contributed by atoms with Crippen LogP contribution in [0.3, 0.4) is 0 Å². The van der Waals surface area contributed by atoms with Gasteiger partial charge in [0.15, 0.2) is 6.61 Å². The van der Waals surface area contributed by atoms with Gasteiger partial charge >= 0.3 is 5.97 Å². The zero-order chi connectivity index (χ0) is 18.2. The zero-order valence-corrected chi connectivity index (χ0v) is 14.0. The van der Waals surface area contributed by atoms with Crippen LogP contribution in [0.4, 0.5) is 0 Å². The van der Waals surface area contributed by atoms with Crippen molar-refractivity contribution < 1.29 is 23.6 Å². The highest BCUT2D eigenvalue weighted by molar-refractivity contribution is 5.95. The molecule has 1 heterocycles. The summed E-state index contributed by atoms with van der Waals surface area (Å²) >= 11 is 0. The molecule has 0 aliphatic rings. The predicted molar refractivity (Wildman–Crippen MR) is 87.3 cm³/mol. The Labute approximate surface area is 144 Å². The van der Waals surface area contributed by atoms with Crippen LogP contribution in [-0.2, 0) is 20.7 Å². The van der Waals surface area contributed by atoms with Crippen molar-refractivity contribution in [3.05, 3.63) is 52.9 Å². The molecule has 0 atom stereocenters. The summed E-state index contributed by atoms with van der Waals surface area (Å²) in [5.41, 5.74) is 6.41. The molecule has 0 bridgehead atoms. The molecule has 2 N–H and O–H groups in total. The van der Waals surface area contributed by atoms with Gasteiger partial charge in [0, 0.05) is 17.5 Å². The van der Waals surface area contributed by atoms with Crippen molar-refractivity contribution in [1.29, 1.82) is 0 Å². The Morgan fingerprint density at radius 2 is 1.84 bits per heavy atom. The molecule has 2 rings (SSSR count). The number of carbonyl (C=O) groups excluding carboxylic acids is 3. The second kappa shape index (κ2) is 8.62. The molecule has 0 radical (unpaired) electrons. The number of aromatic nitrogens is 1. The average molecular weight is 345 g/mol. The van der Waals surface area contributed by atoms with Gasteiger partial charge in [0.05, 0.1) is 5.69 Å². The third-order valence-corrected chi connectivity index (χ3v) is 3.48. The summed E-state index contributed by atoms with van der Waals surface area (Å²) in [6.07, 6.45) is 0.527. The van der Waals surface area contributed by atoms with E-state index in [0.29, 0.717) is 17.7 Å². The first-order chi connectivity index (χ1) is 12.0. The fourth-order valence-electron chi connectivity index (χ4n) is 2.13. The van der Waals surface area contributed by atoms with Gasteiger partial charge in [0.1, 0.15) is 5.76 Å². The first-order valence-corrected chi connectivity index (χ1v) is 7.69. The summed E-state index contributed by atoms with van der Waals surface area (Å²) in [6.45, 7) is 3.08. The maximum absolute atomic E-state index is 11.7. The van der Waals surface area contributed by atoms with E-state index < -0.39 is 24.4 Å². The highest BCUT2D eigenvalue weighted by Crippen LogP contribution is 2.14. The number of hydrogen-bond donors (Lipinski definition) is 2. The molecule has 1 aromatic heterocycles. The predicted octanol–water partition coefficient (Wildman–Crippen LogP) is 1.23. The van der Waals surface area contributed by atoms with Gasteiger partial charge < -0.3 is 9.26 Å². The maximum Gasteiger partial charge on any atom is 0.306 e. The van der Waals surface area contributed by atoms with E-state index in [0.717, 1.165) is 11.3 Å². The third kappa shape index (κ3) is 5.45. The minimum absolute atomic E-state index is 0.104. The van der Waals surface area contributed by atoms with Gasteiger partial charge in [0.2, 0.25) is 0 Å². The second-order valence-electron chi connectivity index (χ2n) is 5.33. The van der Waals surface area contributed by atoms with Crippen LogP contribution in [0, 0.1) is 13.8 Å². The highest BCUT2D eigenvalue weighted by Gasteiger charge is 2.13. The van der Waals surface area contributed by atoms with Crippen LogP contribution in [0.25, 0.3) is 0 Å². The van der Waals surface area contributed by atoms with Crippen molar-refractivity contribution in [3.8, 4) is 0 Å². The van der Waals surface area contributed by atoms with E-state index in [1.807, 2.05) is 0 Å². The molecule has 0 unspecified atom stereocenters. The Hall–Kier alpha value is -3.16. The van der Waals surface area contributed by atoms with Crippen LogP contribution in [0.1, 0.15) is 33.8 Å². The Balaban J connectivity index is 1.67. The lowest BCUT2D eigenvalue weighted by atomic mass is 10.1. The fourth-order valence-corrected chi connectivity index (χ4v) is 2.13. The summed E-state index contributed by atoms with van der Waals surface area (Å²) in [5, 5.41) is 3.80. The van der Waals surface area contributed by atoms with Crippen molar-refractivity contribution in [2.24, 2.45) is 0 Å². The molecule has 0 saturated heterocycles. The number of nitrogens with zero attached hydrogens (tertiary/aromatic N) is 1. The minimum Gasteiger partial charge on any atom is -0.455 e. The average Bonchev–Trinajstić information content (AvgIpc) is 2.94. The molecule has 132 valence electrons. The van der Waals surface area contributed by atoms with Crippen molar-refractivity contribution >= 4 is 17.8 Å². The van der Waals surface area contributed by atoms with E-state index in [1.165, 1.54) is 0 Å². The molecule has 2 amide bonds. The Morgan fingerprint density at radius 1 is 1.12 bits per heavy atom. The Bertz CT molecular complexity index is 735. The number of nitrogens with one attached hydrogen (secondary N) is 2. The Kier molecular flexibility index (Phi) is 6.27. The SMILES string of the molecule is Cc1noc(C)c1CCC(=O)OCC(=O)NNC(=O)c1ccccc1. The van der Waals surface area contributed by atoms with Crippen molar-refractivity contribution in [2.75, 3.05) is 6.61 Å². The van der Waals surface area contributed by atoms with Gasteiger partial charge in [-0.1, -0.05) is 23.4 Å². The zero-order valence-electron chi connectivity index (χ0n) is 14.0. The van der Waals surface area contributed by atoms with Crippen LogP contribution in [-0.4, -0.2) is 29.5 Å². The molecule has 0 aliphatic carbocycles. The molecule has 0 fully saturated rings. The normalized spacial score (nSPS) is 10.2. The first kappa shape index (κ1) is 18.2. The fraction of sp³-hybridized carbons (Fsp3) is 0.294. The maximum atomic E-state index is 11.7. The van der Waals surface area contributed by atoms with Gasteiger partial charge in [0.25, 0.3) is 11.8 Å². The van der Waals surface area contributed by atoms with Gasteiger partial charge in [-0.05, 0) is 32.4 Å². The number of hydrazine groups is 1. The number of amides is 2. The van der Waals surface area contributed by atoms with Gasteiger partial charge in [-0.2, -0.15) is 0 Å². The van der Waals surface area contributed by atoms with E-state index in [2.05, 4.69) is 16.0 Å². The van der Waals surface area contributed by atoms with Crippen molar-refractivity contribution in [1.82, 2.24) is 16.0 Å². The molecule has 8 nitrogen and oxygen atoms in total. The van der Waals surface area contributed by atoms with E-state index >= 15 is 0 Å². The summed E-state index contributed by atoms with van der Waals surface area (Å²) in [5.74, 6) is -0.954. The van der Waals surface area contributed by atoms with Gasteiger partial charge in [-0.15, -0.1) is 0 Å². The lowest BCUT2D eigenvalue weighted by Gasteiger charge is -2.08. The standard InChI is InChI=1S/C17H19N3O5/c1-11-14(12(2)25-20-11)8-9-16(22)24-10-15(21)18-19-17(23)13-6-4-3-5-7-13/h3-7H,8-10H2,1-2H3,(H,18,21)(H,19,23). The molecule has 1 aromatic carbocycles. The molecule has 2 aromatic rings. The smallest absolute Gasteiger partial charge is 0.306 e. The molecule has 0 spiro atoms. The number of rotatable bonds is 6. The van der Waals surface area contributed by atoms with Gasteiger partial charge in [-0.3, -0.25) is 25.2 Å². The lowest BCUT2D eigenvalue weighted by Crippen LogP contribution is -2.43. The highest BCUT2D eigenvalue weighted by atomic mass is 16.5. The van der Waals surface area contributed by atoms with Gasteiger partial charge in [-0.25, -0.2) is 0 Å². The van der Waals surface area contributed by atoms with E-state index in [1.54, 1.807) is 44.2 Å². The van der Waals surface area contributed by atoms with Crippen LogP contribution in [0.2, 0.25) is 0 Å². The minimum atomic E-state index is -0.630. The number of carbonyl (C=O) groups is 3. The molecule has 0 aliphatic heterocycles. The largest absolute Gasteiger partial charge is 0.455 e. The number of hydrogen-bond acceptors (Lipinski definition) is 6. The van der Waals surface area contributed by atoms with Crippen molar-refractivity contribution in [2.45, 2.75) is 26.7 Å². The number of benzene rings is 1.